The van der Waals surface area contributed by atoms with Gasteiger partial charge in [-0.25, -0.2) is 29.9 Å². The lowest BCUT2D eigenvalue weighted by Crippen LogP contribution is -2.00. The molecule has 280 valence electrons. The molecule has 6 heteroatoms. The maximum Gasteiger partial charge on any atom is 0.164 e. The van der Waals surface area contributed by atoms with Crippen LogP contribution in [0.25, 0.3) is 112 Å². The van der Waals surface area contributed by atoms with E-state index in [9.17, 15) is 0 Å². The average molecular weight is 767 g/mol. The van der Waals surface area contributed by atoms with Crippen LogP contribution < -0.4 is 0 Å². The summed E-state index contributed by atoms with van der Waals surface area (Å²) in [6, 6.07) is 70.3. The molecule has 0 bridgehead atoms. The summed E-state index contributed by atoms with van der Waals surface area (Å²) in [5, 5.41) is 3.08. The van der Waals surface area contributed by atoms with Crippen molar-refractivity contribution in [3.8, 4) is 79.1 Å². The first kappa shape index (κ1) is 35.0. The lowest BCUT2D eigenvalue weighted by Gasteiger charge is -2.18. The monoisotopic (exact) mass is 766 g/mol. The molecule has 3 aromatic heterocycles. The van der Waals surface area contributed by atoms with Gasteiger partial charge in [0.1, 0.15) is 0 Å². The summed E-state index contributed by atoms with van der Waals surface area (Å²) in [5.41, 5.74) is 12.8. The molecule has 60 heavy (non-hydrogen) atoms. The van der Waals surface area contributed by atoms with Crippen LogP contribution in [-0.4, -0.2) is 29.9 Å². The summed E-state index contributed by atoms with van der Waals surface area (Å²) in [5.74, 6) is 1.83. The number of benzene rings is 8. The zero-order valence-corrected chi connectivity index (χ0v) is 32.3. The molecule has 0 spiro atoms. The molecule has 8 aromatic carbocycles. The SMILES string of the molecule is c1ccc(-c2nc(-c3ccccc3)nc(-c3ccc(-c4nc5ccccc5c5c(-c6ccccc6)cc6nc(-c7ccccc7)c(-c7ccccc7)nc6c45)cc3)n2)cc1. The summed E-state index contributed by atoms with van der Waals surface area (Å²) in [6.45, 7) is 0. The van der Waals surface area contributed by atoms with Crippen molar-refractivity contribution in [2.45, 2.75) is 0 Å². The van der Waals surface area contributed by atoms with Gasteiger partial charge in [-0.15, -0.1) is 0 Å². The Bertz CT molecular complexity index is 3270. The minimum Gasteiger partial charge on any atom is -0.247 e. The fourth-order valence-corrected chi connectivity index (χ4v) is 8.03. The third kappa shape index (κ3) is 6.33. The van der Waals surface area contributed by atoms with E-state index in [2.05, 4.69) is 103 Å². The second kappa shape index (κ2) is 14.9. The Morgan fingerprint density at radius 3 is 1.17 bits per heavy atom. The van der Waals surface area contributed by atoms with E-state index in [-0.39, 0.29) is 0 Å². The van der Waals surface area contributed by atoms with Crippen LogP contribution >= 0.6 is 0 Å². The molecule has 0 saturated carbocycles. The first-order valence-electron chi connectivity index (χ1n) is 20.0. The highest BCUT2D eigenvalue weighted by molar-refractivity contribution is 6.25. The molecule has 0 fully saturated rings. The predicted octanol–water partition coefficient (Wildman–Crippen LogP) is 13.2. The Hall–Kier alpha value is -8.22. The van der Waals surface area contributed by atoms with E-state index in [1.165, 1.54) is 0 Å². The molecule has 0 radical (unpaired) electrons. The normalized spacial score (nSPS) is 11.3. The van der Waals surface area contributed by atoms with E-state index in [0.29, 0.717) is 17.5 Å². The first-order chi connectivity index (χ1) is 29.7. The van der Waals surface area contributed by atoms with Gasteiger partial charge in [-0.05, 0) is 23.3 Å². The molecule has 0 unspecified atom stereocenters. The van der Waals surface area contributed by atoms with Crippen LogP contribution in [0.5, 0.6) is 0 Å². The Balaban J connectivity index is 1.18. The highest BCUT2D eigenvalue weighted by atomic mass is 15.0. The summed E-state index contributed by atoms with van der Waals surface area (Å²) >= 11 is 0. The highest BCUT2D eigenvalue weighted by Gasteiger charge is 2.22. The molecular weight excluding hydrogens is 733 g/mol. The summed E-state index contributed by atoms with van der Waals surface area (Å²) in [6.07, 6.45) is 0. The predicted molar refractivity (Wildman–Crippen MR) is 244 cm³/mol. The van der Waals surface area contributed by atoms with E-state index in [4.69, 9.17) is 29.9 Å². The largest absolute Gasteiger partial charge is 0.247 e. The number of pyridine rings is 1. The first-order valence-corrected chi connectivity index (χ1v) is 20.0. The van der Waals surface area contributed by atoms with Gasteiger partial charge >= 0.3 is 0 Å². The fraction of sp³-hybridized carbons (Fsp3) is 0. The number of aromatic nitrogens is 6. The van der Waals surface area contributed by atoms with Crippen molar-refractivity contribution in [3.63, 3.8) is 0 Å². The summed E-state index contributed by atoms with van der Waals surface area (Å²) < 4.78 is 0. The lowest BCUT2D eigenvalue weighted by molar-refractivity contribution is 1.07. The van der Waals surface area contributed by atoms with Gasteiger partial charge in [0.05, 0.1) is 33.6 Å². The highest BCUT2D eigenvalue weighted by Crippen LogP contribution is 2.44. The number of rotatable bonds is 7. The van der Waals surface area contributed by atoms with Gasteiger partial charge in [0.2, 0.25) is 0 Å². The van der Waals surface area contributed by atoms with Crippen molar-refractivity contribution in [2.75, 3.05) is 0 Å². The zero-order valence-electron chi connectivity index (χ0n) is 32.3. The molecule has 3 heterocycles. The molecule has 11 rings (SSSR count). The maximum atomic E-state index is 5.59. The molecule has 11 aromatic rings. The van der Waals surface area contributed by atoms with Crippen molar-refractivity contribution in [1.29, 1.82) is 0 Å². The van der Waals surface area contributed by atoms with Crippen LogP contribution in [-0.2, 0) is 0 Å². The van der Waals surface area contributed by atoms with Gasteiger partial charge in [-0.3, -0.25) is 0 Å². The smallest absolute Gasteiger partial charge is 0.164 e. The van der Waals surface area contributed by atoms with E-state index in [1.54, 1.807) is 0 Å². The van der Waals surface area contributed by atoms with Gasteiger partial charge in [0, 0.05) is 49.5 Å². The Labute approximate surface area is 346 Å². The van der Waals surface area contributed by atoms with Crippen LogP contribution in [0.1, 0.15) is 0 Å². The quantitative estimate of drug-likeness (QED) is 0.150. The van der Waals surface area contributed by atoms with Crippen molar-refractivity contribution >= 4 is 32.7 Å². The van der Waals surface area contributed by atoms with Crippen LogP contribution in [0.2, 0.25) is 0 Å². The number of para-hydroxylation sites is 1. The number of hydrogen-bond acceptors (Lipinski definition) is 6. The second-order valence-electron chi connectivity index (χ2n) is 14.7. The van der Waals surface area contributed by atoms with E-state index in [0.717, 1.165) is 94.3 Å². The molecule has 0 amide bonds. The number of fused-ring (bicyclic) bond motifs is 5. The minimum absolute atomic E-state index is 0.592. The zero-order chi connectivity index (χ0) is 39.8. The van der Waals surface area contributed by atoms with Gasteiger partial charge in [-0.1, -0.05) is 194 Å². The Morgan fingerprint density at radius 1 is 0.250 bits per heavy atom. The van der Waals surface area contributed by atoms with Gasteiger partial charge < -0.3 is 0 Å². The molecule has 0 aliphatic heterocycles. The van der Waals surface area contributed by atoms with Gasteiger partial charge in [-0.2, -0.15) is 0 Å². The molecule has 0 N–H and O–H groups in total. The third-order valence-corrected chi connectivity index (χ3v) is 10.9. The topological polar surface area (TPSA) is 77.3 Å². The third-order valence-electron chi connectivity index (χ3n) is 10.9. The molecule has 0 saturated heterocycles. The van der Waals surface area contributed by atoms with Crippen LogP contribution in [0.4, 0.5) is 0 Å². The molecule has 0 aliphatic carbocycles. The van der Waals surface area contributed by atoms with E-state index >= 15 is 0 Å². The van der Waals surface area contributed by atoms with Crippen LogP contribution in [0, 0.1) is 0 Å². The lowest BCUT2D eigenvalue weighted by atomic mass is 9.91. The van der Waals surface area contributed by atoms with E-state index in [1.807, 2.05) is 103 Å². The Kier molecular flexibility index (Phi) is 8.71. The second-order valence-corrected chi connectivity index (χ2v) is 14.7. The van der Waals surface area contributed by atoms with Crippen LogP contribution in [0.3, 0.4) is 0 Å². The van der Waals surface area contributed by atoms with Crippen LogP contribution in [0.15, 0.2) is 206 Å². The van der Waals surface area contributed by atoms with Crippen molar-refractivity contribution in [1.82, 2.24) is 29.9 Å². The maximum absolute atomic E-state index is 5.59. The Morgan fingerprint density at radius 2 is 0.633 bits per heavy atom. The molecule has 0 aliphatic rings. The number of hydrogen-bond donors (Lipinski definition) is 0. The number of nitrogens with zero attached hydrogens (tertiary/aromatic N) is 6. The molecule has 0 atom stereocenters. The minimum atomic E-state index is 0.592. The average Bonchev–Trinajstić information content (AvgIpc) is 3.34. The molecule has 6 nitrogen and oxygen atoms in total. The fourth-order valence-electron chi connectivity index (χ4n) is 8.03. The van der Waals surface area contributed by atoms with Gasteiger partial charge in [0.15, 0.2) is 17.5 Å². The van der Waals surface area contributed by atoms with Gasteiger partial charge in [0.25, 0.3) is 0 Å². The van der Waals surface area contributed by atoms with Crippen molar-refractivity contribution in [2.24, 2.45) is 0 Å². The molecular formula is C54H34N6. The van der Waals surface area contributed by atoms with E-state index < -0.39 is 0 Å². The summed E-state index contributed by atoms with van der Waals surface area (Å²) in [7, 11) is 0. The summed E-state index contributed by atoms with van der Waals surface area (Å²) in [4.78, 5) is 31.4. The van der Waals surface area contributed by atoms with Crippen molar-refractivity contribution < 1.29 is 0 Å². The standard InChI is InChI=1S/C54H34N6/c1-6-18-35(19-7-1)43-34-45-51(57-50(37-22-10-3-11-23-37)49(56-45)36-20-8-2-9-21-36)47-46(43)42-28-16-17-29-44(42)55-48(47)38-30-32-41(33-31-38)54-59-52(39-24-12-4-13-25-39)58-53(60-54)40-26-14-5-15-27-40/h1-34H. The van der Waals surface area contributed by atoms with Crippen molar-refractivity contribution in [3.05, 3.63) is 206 Å².